The first kappa shape index (κ1) is 12.8. The van der Waals surface area contributed by atoms with Gasteiger partial charge in [-0.1, -0.05) is 17.7 Å². The summed E-state index contributed by atoms with van der Waals surface area (Å²) in [6, 6.07) is 3.86. The van der Waals surface area contributed by atoms with Gasteiger partial charge in [0.05, 0.1) is 11.6 Å². The van der Waals surface area contributed by atoms with Gasteiger partial charge in [-0.15, -0.1) is 0 Å². The normalized spacial score (nSPS) is 19.8. The minimum atomic E-state index is -0.291. The van der Waals surface area contributed by atoms with Crippen LogP contribution in [0.3, 0.4) is 0 Å². The van der Waals surface area contributed by atoms with Gasteiger partial charge in [-0.2, -0.15) is 0 Å². The Hall–Kier alpha value is -0.640. The smallest absolute Gasteiger partial charge is 0.145 e. The number of hydrogen-bond donors (Lipinski definition) is 1. The van der Waals surface area contributed by atoms with E-state index in [1.807, 2.05) is 6.07 Å². The van der Waals surface area contributed by atoms with Gasteiger partial charge in [0.2, 0.25) is 0 Å². The van der Waals surface area contributed by atoms with Crippen LogP contribution in [-0.4, -0.2) is 19.7 Å². The topological polar surface area (TPSA) is 21.3 Å². The molecule has 0 radical (unpaired) electrons. The second kappa shape index (κ2) is 5.80. The van der Waals surface area contributed by atoms with Crippen molar-refractivity contribution < 1.29 is 9.13 Å². The number of hydrogen-bond acceptors (Lipinski definition) is 2. The second-order valence-electron chi connectivity index (χ2n) is 4.48. The van der Waals surface area contributed by atoms with Crippen LogP contribution in [0.15, 0.2) is 12.1 Å². The monoisotopic (exact) mass is 257 g/mol. The number of halogens is 2. The van der Waals surface area contributed by atoms with E-state index in [1.54, 1.807) is 13.2 Å². The number of nitrogens with one attached hydrogen (secondary N) is 1. The fourth-order valence-corrected chi connectivity index (χ4v) is 2.56. The van der Waals surface area contributed by atoms with Crippen LogP contribution in [0.4, 0.5) is 4.39 Å². The molecule has 1 aliphatic heterocycles. The lowest BCUT2D eigenvalue weighted by Crippen LogP contribution is -2.24. The molecule has 0 amide bonds. The van der Waals surface area contributed by atoms with Crippen molar-refractivity contribution in [1.29, 1.82) is 0 Å². The molecule has 17 heavy (non-hydrogen) atoms. The molecule has 1 aromatic rings. The second-order valence-corrected chi connectivity index (χ2v) is 4.89. The zero-order valence-electron chi connectivity index (χ0n) is 9.93. The highest BCUT2D eigenvalue weighted by atomic mass is 35.5. The van der Waals surface area contributed by atoms with Gasteiger partial charge < -0.3 is 10.1 Å². The van der Waals surface area contributed by atoms with Crippen molar-refractivity contribution in [2.75, 3.05) is 13.7 Å². The molecule has 0 aliphatic carbocycles. The summed E-state index contributed by atoms with van der Waals surface area (Å²) in [5, 5.41) is 3.55. The third-order valence-electron chi connectivity index (χ3n) is 3.10. The van der Waals surface area contributed by atoms with Gasteiger partial charge >= 0.3 is 0 Å². The van der Waals surface area contributed by atoms with E-state index in [0.29, 0.717) is 24.6 Å². The molecule has 1 heterocycles. The summed E-state index contributed by atoms with van der Waals surface area (Å²) in [5.74, 6) is -0.291. The van der Waals surface area contributed by atoms with Crippen LogP contribution < -0.4 is 5.32 Å². The Bertz CT molecular complexity index is 391. The highest BCUT2D eigenvalue weighted by Gasteiger charge is 2.18. The van der Waals surface area contributed by atoms with Crippen molar-refractivity contribution in [3.05, 3.63) is 34.1 Å². The zero-order chi connectivity index (χ0) is 12.3. The van der Waals surface area contributed by atoms with Crippen molar-refractivity contribution in [2.45, 2.75) is 31.9 Å². The molecule has 0 spiro atoms. The molecule has 1 atom stereocenters. The van der Waals surface area contributed by atoms with Crippen LogP contribution in [0.25, 0.3) is 0 Å². The van der Waals surface area contributed by atoms with Crippen LogP contribution in [-0.2, 0) is 17.8 Å². The maximum Gasteiger partial charge on any atom is 0.145 e. The molecule has 1 unspecified atom stereocenters. The van der Waals surface area contributed by atoms with E-state index < -0.39 is 0 Å². The molecule has 1 aromatic carbocycles. The van der Waals surface area contributed by atoms with Crippen LogP contribution in [0.1, 0.15) is 24.0 Å². The summed E-state index contributed by atoms with van der Waals surface area (Å²) < 4.78 is 18.9. The molecule has 0 saturated carbocycles. The summed E-state index contributed by atoms with van der Waals surface area (Å²) in [6.45, 7) is 1.49. The molecule has 0 aromatic heterocycles. The molecule has 4 heteroatoms. The van der Waals surface area contributed by atoms with Gasteiger partial charge in [-0.3, -0.25) is 0 Å². The largest absolute Gasteiger partial charge is 0.380 e. The van der Waals surface area contributed by atoms with E-state index in [2.05, 4.69) is 5.32 Å². The van der Waals surface area contributed by atoms with Gasteiger partial charge in [0.15, 0.2) is 0 Å². The first-order valence-corrected chi connectivity index (χ1v) is 6.27. The Balaban J connectivity index is 2.18. The van der Waals surface area contributed by atoms with Crippen LogP contribution in [0.2, 0.25) is 5.02 Å². The molecule has 0 bridgehead atoms. The summed E-state index contributed by atoms with van der Waals surface area (Å²) in [7, 11) is 1.62. The minimum Gasteiger partial charge on any atom is -0.380 e. The number of ether oxygens (including phenoxy) is 1. The Morgan fingerprint density at radius 2 is 2.35 bits per heavy atom. The summed E-state index contributed by atoms with van der Waals surface area (Å²) in [5.41, 5.74) is 1.61. The highest BCUT2D eigenvalue weighted by Crippen LogP contribution is 2.24. The first-order chi connectivity index (χ1) is 8.20. The number of methoxy groups -OCH3 is 1. The Morgan fingerprint density at radius 3 is 3.00 bits per heavy atom. The Kier molecular flexibility index (Phi) is 4.37. The predicted octanol–water partition coefficient (Wildman–Crippen LogP) is 2.92. The Labute approximate surface area is 106 Å². The molecular weight excluding hydrogens is 241 g/mol. The third kappa shape index (κ3) is 3.18. The van der Waals surface area contributed by atoms with E-state index in [9.17, 15) is 4.39 Å². The van der Waals surface area contributed by atoms with Crippen molar-refractivity contribution >= 4 is 11.6 Å². The third-order valence-corrected chi connectivity index (χ3v) is 3.38. The minimum absolute atomic E-state index is 0.188. The van der Waals surface area contributed by atoms with Gasteiger partial charge in [-0.05, 0) is 43.0 Å². The van der Waals surface area contributed by atoms with Gasteiger partial charge in [0, 0.05) is 13.2 Å². The summed E-state index contributed by atoms with van der Waals surface area (Å²) in [4.78, 5) is 0. The molecule has 1 N–H and O–H groups in total. The van der Waals surface area contributed by atoms with Crippen molar-refractivity contribution in [2.24, 2.45) is 0 Å². The first-order valence-electron chi connectivity index (χ1n) is 5.90. The van der Waals surface area contributed by atoms with E-state index in [0.717, 1.165) is 24.9 Å². The van der Waals surface area contributed by atoms with Crippen LogP contribution in [0.5, 0.6) is 0 Å². The lowest BCUT2D eigenvalue weighted by atomic mass is 10.0. The average Bonchev–Trinajstić information content (AvgIpc) is 2.78. The lowest BCUT2D eigenvalue weighted by Gasteiger charge is -2.13. The fraction of sp³-hybridized carbons (Fsp3) is 0.538. The molecule has 2 nitrogen and oxygen atoms in total. The molecule has 2 rings (SSSR count). The lowest BCUT2D eigenvalue weighted by molar-refractivity contribution is 0.184. The molecular formula is C13H17ClFNO. The van der Waals surface area contributed by atoms with Gasteiger partial charge in [0.1, 0.15) is 5.82 Å². The highest BCUT2D eigenvalue weighted by molar-refractivity contribution is 6.30. The summed E-state index contributed by atoms with van der Waals surface area (Å²) in [6.07, 6.45) is 2.96. The number of rotatable bonds is 4. The van der Waals surface area contributed by atoms with Crippen molar-refractivity contribution in [3.8, 4) is 0 Å². The SMILES string of the molecule is COCc1cc(Cl)c(F)c(CC2CCCN2)c1. The number of benzene rings is 1. The van der Waals surface area contributed by atoms with Gasteiger partial charge in [-0.25, -0.2) is 4.39 Å². The molecule has 94 valence electrons. The maximum absolute atomic E-state index is 13.9. The fourth-order valence-electron chi connectivity index (χ4n) is 2.30. The quantitative estimate of drug-likeness (QED) is 0.896. The molecule has 1 saturated heterocycles. The van der Waals surface area contributed by atoms with Gasteiger partial charge in [0.25, 0.3) is 0 Å². The van der Waals surface area contributed by atoms with E-state index in [-0.39, 0.29) is 10.8 Å². The van der Waals surface area contributed by atoms with Crippen molar-refractivity contribution in [3.63, 3.8) is 0 Å². The van der Waals surface area contributed by atoms with Crippen LogP contribution >= 0.6 is 11.6 Å². The van der Waals surface area contributed by atoms with Crippen molar-refractivity contribution in [1.82, 2.24) is 5.32 Å². The Morgan fingerprint density at radius 1 is 1.53 bits per heavy atom. The predicted molar refractivity (Wildman–Crippen MR) is 66.9 cm³/mol. The van der Waals surface area contributed by atoms with E-state index in [4.69, 9.17) is 16.3 Å². The zero-order valence-corrected chi connectivity index (χ0v) is 10.7. The average molecular weight is 258 g/mol. The maximum atomic E-state index is 13.9. The molecule has 1 aliphatic rings. The van der Waals surface area contributed by atoms with E-state index >= 15 is 0 Å². The molecule has 1 fully saturated rings. The van der Waals surface area contributed by atoms with Crippen LogP contribution in [0, 0.1) is 5.82 Å². The summed E-state index contributed by atoms with van der Waals surface area (Å²) >= 11 is 5.89. The standard InChI is InChI=1S/C13H17ClFNO/c1-17-8-9-5-10(13(15)12(14)6-9)7-11-3-2-4-16-11/h5-6,11,16H,2-4,7-8H2,1H3. The van der Waals surface area contributed by atoms with E-state index in [1.165, 1.54) is 0 Å².